The summed E-state index contributed by atoms with van der Waals surface area (Å²) in [6, 6.07) is 19.7. The van der Waals surface area contributed by atoms with Gasteiger partial charge in [-0.3, -0.25) is 4.79 Å². The number of carbonyl (C=O) groups is 2. The average Bonchev–Trinajstić information content (AvgIpc) is 3.20. The zero-order valence-corrected chi connectivity index (χ0v) is 22.4. The Labute approximate surface area is 216 Å². The molecule has 0 saturated heterocycles. The first-order valence-electron chi connectivity index (χ1n) is 12.2. The van der Waals surface area contributed by atoms with Gasteiger partial charge in [-0.15, -0.1) is 23.1 Å². The van der Waals surface area contributed by atoms with Crippen LogP contribution >= 0.6 is 23.1 Å². The van der Waals surface area contributed by atoms with E-state index < -0.39 is 5.25 Å². The fourth-order valence-corrected chi connectivity index (χ4v) is 6.91. The first-order chi connectivity index (χ1) is 16.8. The van der Waals surface area contributed by atoms with Crippen molar-refractivity contribution in [3.05, 3.63) is 82.2 Å². The number of rotatable bonds is 7. The lowest BCUT2D eigenvalue weighted by molar-refractivity contribution is -0.115. The second kappa shape index (κ2) is 11.0. The van der Waals surface area contributed by atoms with Gasteiger partial charge in [0.15, 0.2) is 0 Å². The van der Waals surface area contributed by atoms with Gasteiger partial charge < -0.3 is 10.1 Å². The van der Waals surface area contributed by atoms with Gasteiger partial charge in [-0.05, 0) is 60.8 Å². The number of fused-ring (bicyclic) bond motifs is 1. The third-order valence-electron chi connectivity index (χ3n) is 6.54. The van der Waals surface area contributed by atoms with Crippen molar-refractivity contribution >= 4 is 40.0 Å². The number of anilines is 1. The third kappa shape index (κ3) is 5.99. The molecule has 0 spiro atoms. The molecule has 1 aliphatic rings. The smallest absolute Gasteiger partial charge is 0.341 e. The van der Waals surface area contributed by atoms with Crippen LogP contribution in [0.15, 0.2) is 65.6 Å². The van der Waals surface area contributed by atoms with Gasteiger partial charge in [0.05, 0.1) is 12.2 Å². The number of carbonyl (C=O) groups excluding carboxylic acids is 2. The number of benzene rings is 2. The highest BCUT2D eigenvalue weighted by atomic mass is 32.2. The van der Waals surface area contributed by atoms with Crippen molar-refractivity contribution in [1.82, 2.24) is 0 Å². The molecule has 4 nitrogen and oxygen atoms in total. The van der Waals surface area contributed by atoms with Crippen molar-refractivity contribution in [2.75, 3.05) is 11.9 Å². The van der Waals surface area contributed by atoms with E-state index in [-0.39, 0.29) is 17.3 Å². The Balaban J connectivity index is 1.67. The Morgan fingerprint density at radius 1 is 1.09 bits per heavy atom. The van der Waals surface area contributed by atoms with Crippen LogP contribution < -0.4 is 5.32 Å². The highest BCUT2D eigenvalue weighted by molar-refractivity contribution is 8.00. The summed E-state index contributed by atoms with van der Waals surface area (Å²) in [5, 5.41) is 3.30. The van der Waals surface area contributed by atoms with Crippen LogP contribution in [0, 0.1) is 11.3 Å². The largest absolute Gasteiger partial charge is 0.462 e. The number of thioether (sulfide) groups is 1. The molecule has 4 rings (SSSR count). The second-order valence-corrected chi connectivity index (χ2v) is 12.2. The van der Waals surface area contributed by atoms with Gasteiger partial charge in [0.1, 0.15) is 10.3 Å². The molecule has 0 radical (unpaired) electrons. The lowest BCUT2D eigenvalue weighted by atomic mass is 9.72. The summed E-state index contributed by atoms with van der Waals surface area (Å²) >= 11 is 3.05. The number of hydrogen-bond acceptors (Lipinski definition) is 5. The van der Waals surface area contributed by atoms with E-state index in [1.807, 2.05) is 67.6 Å². The number of nitrogens with one attached hydrogen (secondary N) is 1. The van der Waals surface area contributed by atoms with Crippen LogP contribution in [0.25, 0.3) is 0 Å². The van der Waals surface area contributed by atoms with E-state index in [9.17, 15) is 9.59 Å². The topological polar surface area (TPSA) is 55.4 Å². The van der Waals surface area contributed by atoms with Gasteiger partial charge in [-0.1, -0.05) is 69.3 Å². The first-order valence-corrected chi connectivity index (χ1v) is 13.9. The van der Waals surface area contributed by atoms with Crippen molar-refractivity contribution in [1.29, 1.82) is 0 Å². The summed E-state index contributed by atoms with van der Waals surface area (Å²) in [5.41, 5.74) is 2.71. The molecule has 2 aromatic carbocycles. The lowest BCUT2D eigenvalue weighted by Gasteiger charge is -2.33. The fourth-order valence-electron chi connectivity index (χ4n) is 4.55. The van der Waals surface area contributed by atoms with Crippen LogP contribution in [0.5, 0.6) is 0 Å². The predicted molar refractivity (Wildman–Crippen MR) is 145 cm³/mol. The fraction of sp³-hybridized carbons (Fsp3) is 0.379. The number of ether oxygens (including phenoxy) is 1. The lowest BCUT2D eigenvalue weighted by Crippen LogP contribution is -2.26. The summed E-state index contributed by atoms with van der Waals surface area (Å²) in [5.74, 6) is 0.0565. The SMILES string of the molecule is CCOC(=O)c1c(NC(=O)[C@H](Sc2ccccc2)c2ccccc2)sc2c1CC[C@H](C(C)(C)C)C2. The summed E-state index contributed by atoms with van der Waals surface area (Å²) in [6.07, 6.45) is 2.79. The maximum absolute atomic E-state index is 13.7. The van der Waals surface area contributed by atoms with E-state index in [0.29, 0.717) is 23.1 Å². The molecule has 0 bridgehead atoms. The van der Waals surface area contributed by atoms with E-state index >= 15 is 0 Å². The predicted octanol–water partition coefficient (Wildman–Crippen LogP) is 7.55. The Bertz CT molecular complexity index is 1170. The summed E-state index contributed by atoms with van der Waals surface area (Å²) in [6.45, 7) is 8.94. The summed E-state index contributed by atoms with van der Waals surface area (Å²) < 4.78 is 5.42. The van der Waals surface area contributed by atoms with Gasteiger partial charge in [0, 0.05) is 9.77 Å². The van der Waals surface area contributed by atoms with Crippen molar-refractivity contribution in [2.45, 2.75) is 57.1 Å². The molecule has 1 aromatic heterocycles. The van der Waals surface area contributed by atoms with E-state index in [4.69, 9.17) is 4.74 Å². The van der Waals surface area contributed by atoms with Gasteiger partial charge in [0.25, 0.3) is 0 Å². The number of thiophene rings is 1. The minimum absolute atomic E-state index is 0.137. The maximum Gasteiger partial charge on any atom is 0.341 e. The maximum atomic E-state index is 13.7. The normalized spacial score (nSPS) is 16.3. The molecule has 3 aromatic rings. The van der Waals surface area contributed by atoms with E-state index in [2.05, 4.69) is 26.1 Å². The molecule has 0 fully saturated rings. The van der Waals surface area contributed by atoms with Crippen LogP contribution in [0.2, 0.25) is 0 Å². The van der Waals surface area contributed by atoms with E-state index in [0.717, 1.165) is 35.3 Å². The van der Waals surface area contributed by atoms with Crippen molar-refractivity contribution < 1.29 is 14.3 Å². The van der Waals surface area contributed by atoms with Crippen molar-refractivity contribution in [3.8, 4) is 0 Å². The minimum atomic E-state index is -0.449. The molecule has 1 heterocycles. The highest BCUT2D eigenvalue weighted by Gasteiger charge is 2.35. The van der Waals surface area contributed by atoms with Crippen LogP contribution in [0.4, 0.5) is 5.00 Å². The Hall–Kier alpha value is -2.57. The molecule has 6 heteroatoms. The molecule has 1 amide bonds. The number of esters is 1. The number of amides is 1. The molecule has 1 aliphatic carbocycles. The third-order valence-corrected chi connectivity index (χ3v) is 8.98. The quantitative estimate of drug-likeness (QED) is 0.265. The molecule has 0 aliphatic heterocycles. The van der Waals surface area contributed by atoms with Crippen LogP contribution in [-0.4, -0.2) is 18.5 Å². The monoisotopic (exact) mass is 507 g/mol. The van der Waals surface area contributed by atoms with Crippen LogP contribution in [-0.2, 0) is 22.4 Å². The van der Waals surface area contributed by atoms with Crippen molar-refractivity contribution in [2.24, 2.45) is 11.3 Å². The molecule has 184 valence electrons. The van der Waals surface area contributed by atoms with E-state index in [1.54, 1.807) is 11.3 Å². The Kier molecular flexibility index (Phi) is 8.02. The number of hydrogen-bond donors (Lipinski definition) is 1. The van der Waals surface area contributed by atoms with Gasteiger partial charge in [-0.25, -0.2) is 4.79 Å². The highest BCUT2D eigenvalue weighted by Crippen LogP contribution is 2.45. The molecule has 0 unspecified atom stereocenters. The van der Waals surface area contributed by atoms with Crippen molar-refractivity contribution in [3.63, 3.8) is 0 Å². The molecule has 35 heavy (non-hydrogen) atoms. The zero-order chi connectivity index (χ0) is 25.0. The molecule has 2 atom stereocenters. The Morgan fingerprint density at radius 3 is 2.37 bits per heavy atom. The molecular weight excluding hydrogens is 474 g/mol. The van der Waals surface area contributed by atoms with Gasteiger partial charge >= 0.3 is 5.97 Å². The van der Waals surface area contributed by atoms with Crippen LogP contribution in [0.3, 0.4) is 0 Å². The van der Waals surface area contributed by atoms with Gasteiger partial charge in [0.2, 0.25) is 5.91 Å². The molecule has 0 saturated carbocycles. The molecular formula is C29H33NO3S2. The Morgan fingerprint density at radius 2 is 1.74 bits per heavy atom. The average molecular weight is 508 g/mol. The zero-order valence-electron chi connectivity index (χ0n) is 20.8. The second-order valence-electron chi connectivity index (χ2n) is 9.95. The summed E-state index contributed by atoms with van der Waals surface area (Å²) in [4.78, 5) is 28.9. The first kappa shape index (κ1) is 25.5. The van der Waals surface area contributed by atoms with E-state index in [1.165, 1.54) is 16.6 Å². The minimum Gasteiger partial charge on any atom is -0.462 e. The standard InChI is InChI=1S/C29H33NO3S2/c1-5-33-28(32)24-22-17-16-20(29(2,3)4)18-23(22)35-27(24)30-26(31)25(19-12-8-6-9-13-19)34-21-14-10-7-11-15-21/h6-15,20,25H,5,16-18H2,1-4H3,(H,30,31)/t20-,25+/m0/s1. The van der Waals surface area contributed by atoms with Crippen LogP contribution in [0.1, 0.15) is 65.7 Å². The molecule has 1 N–H and O–H groups in total. The summed E-state index contributed by atoms with van der Waals surface area (Å²) in [7, 11) is 0. The van der Waals surface area contributed by atoms with Gasteiger partial charge in [-0.2, -0.15) is 0 Å².